The molecule has 0 saturated heterocycles. The molecule has 0 heterocycles. The highest BCUT2D eigenvalue weighted by atomic mass is 16.5. The van der Waals surface area contributed by atoms with E-state index in [1.165, 1.54) is 0 Å². The van der Waals surface area contributed by atoms with Crippen molar-refractivity contribution in [3.8, 4) is 11.5 Å². The van der Waals surface area contributed by atoms with Crippen molar-refractivity contribution in [1.82, 2.24) is 4.90 Å². The Morgan fingerprint density at radius 1 is 1.05 bits per heavy atom. The molecule has 0 bridgehead atoms. The van der Waals surface area contributed by atoms with Gasteiger partial charge < -0.3 is 24.8 Å². The predicted octanol–water partition coefficient (Wildman–Crippen LogP) is -0.278. The van der Waals surface area contributed by atoms with Crippen molar-refractivity contribution in [2.24, 2.45) is 0 Å². The average Bonchev–Trinajstić information content (AvgIpc) is 2.46. The maximum Gasteiger partial charge on any atom is 0.119 e. The second-order valence-corrected chi connectivity index (χ2v) is 4.39. The van der Waals surface area contributed by atoms with Crippen molar-refractivity contribution in [1.29, 1.82) is 0 Å². The highest BCUT2D eigenvalue weighted by Gasteiger charge is 2.11. The molecular formula is C14H23NO5. The number of hydrogen-bond acceptors (Lipinski definition) is 6. The van der Waals surface area contributed by atoms with Crippen molar-refractivity contribution in [3.05, 3.63) is 24.3 Å². The Labute approximate surface area is 119 Å². The van der Waals surface area contributed by atoms with Gasteiger partial charge in [-0.15, -0.1) is 0 Å². The third-order valence-corrected chi connectivity index (χ3v) is 2.80. The van der Waals surface area contributed by atoms with Crippen LogP contribution in [0.4, 0.5) is 0 Å². The molecule has 0 aliphatic carbocycles. The molecule has 1 aromatic rings. The third kappa shape index (κ3) is 6.21. The number of benzene rings is 1. The molecule has 1 rings (SSSR count). The van der Waals surface area contributed by atoms with Crippen molar-refractivity contribution < 1.29 is 24.8 Å². The van der Waals surface area contributed by atoms with Gasteiger partial charge in [0.25, 0.3) is 0 Å². The van der Waals surface area contributed by atoms with Gasteiger partial charge in [0.1, 0.15) is 24.2 Å². The summed E-state index contributed by atoms with van der Waals surface area (Å²) in [6.45, 7) is 1.31. The standard InChI is InChI=1S/C14H23NO5/c1-19-13-2-4-14(5-3-13)20-11-12(18)10-15(6-8-16)7-9-17/h2-5,12,16-18H,6-11H2,1H3/t12-/m0/s1. The number of aliphatic hydroxyl groups excluding tert-OH is 3. The Hall–Kier alpha value is -1.34. The third-order valence-electron chi connectivity index (χ3n) is 2.80. The van der Waals surface area contributed by atoms with Crippen molar-refractivity contribution in [2.45, 2.75) is 6.10 Å². The van der Waals surface area contributed by atoms with Gasteiger partial charge in [-0.3, -0.25) is 4.90 Å². The molecule has 0 saturated carbocycles. The molecule has 0 fully saturated rings. The number of methoxy groups -OCH3 is 1. The maximum atomic E-state index is 9.88. The normalized spacial score (nSPS) is 12.4. The van der Waals surface area contributed by atoms with Crippen LogP contribution in [-0.4, -0.2) is 72.9 Å². The smallest absolute Gasteiger partial charge is 0.119 e. The monoisotopic (exact) mass is 285 g/mol. The van der Waals surface area contributed by atoms with E-state index in [2.05, 4.69) is 0 Å². The van der Waals surface area contributed by atoms with E-state index in [0.29, 0.717) is 25.4 Å². The summed E-state index contributed by atoms with van der Waals surface area (Å²) in [4.78, 5) is 1.78. The highest BCUT2D eigenvalue weighted by Crippen LogP contribution is 2.17. The van der Waals surface area contributed by atoms with Crippen LogP contribution in [0.5, 0.6) is 11.5 Å². The molecule has 3 N–H and O–H groups in total. The summed E-state index contributed by atoms with van der Waals surface area (Å²) in [5.74, 6) is 1.40. The summed E-state index contributed by atoms with van der Waals surface area (Å²) >= 11 is 0. The van der Waals surface area contributed by atoms with E-state index in [1.54, 1.807) is 36.3 Å². The zero-order valence-electron chi connectivity index (χ0n) is 11.7. The highest BCUT2D eigenvalue weighted by molar-refractivity contribution is 5.31. The molecule has 0 aliphatic rings. The zero-order valence-corrected chi connectivity index (χ0v) is 11.7. The number of ether oxygens (including phenoxy) is 2. The van der Waals surface area contributed by atoms with Gasteiger partial charge in [-0.25, -0.2) is 0 Å². The van der Waals surface area contributed by atoms with E-state index >= 15 is 0 Å². The minimum atomic E-state index is -0.685. The Morgan fingerprint density at radius 2 is 1.60 bits per heavy atom. The fourth-order valence-corrected chi connectivity index (χ4v) is 1.79. The van der Waals surface area contributed by atoms with Crippen LogP contribution in [0, 0.1) is 0 Å². The largest absolute Gasteiger partial charge is 0.497 e. The first-order valence-corrected chi connectivity index (χ1v) is 6.58. The molecule has 20 heavy (non-hydrogen) atoms. The molecule has 1 aromatic carbocycles. The van der Waals surface area contributed by atoms with E-state index in [1.807, 2.05) is 0 Å². The van der Waals surface area contributed by atoms with E-state index < -0.39 is 6.10 Å². The molecule has 0 aromatic heterocycles. The summed E-state index contributed by atoms with van der Waals surface area (Å²) in [6.07, 6.45) is -0.685. The van der Waals surface area contributed by atoms with Crippen LogP contribution < -0.4 is 9.47 Å². The number of rotatable bonds is 10. The molecule has 0 unspecified atom stereocenters. The van der Waals surface area contributed by atoms with Gasteiger partial charge in [0.2, 0.25) is 0 Å². The summed E-state index contributed by atoms with van der Waals surface area (Å²) in [5, 5.41) is 27.7. The Kier molecular flexibility index (Phi) is 7.98. The first kappa shape index (κ1) is 16.7. The van der Waals surface area contributed by atoms with Crippen LogP contribution >= 0.6 is 0 Å². The molecular weight excluding hydrogens is 262 g/mol. The van der Waals surface area contributed by atoms with Crippen LogP contribution in [0.1, 0.15) is 0 Å². The van der Waals surface area contributed by atoms with Gasteiger partial charge in [0.15, 0.2) is 0 Å². The molecule has 0 radical (unpaired) electrons. The molecule has 6 nitrogen and oxygen atoms in total. The minimum absolute atomic E-state index is 0.00788. The lowest BCUT2D eigenvalue weighted by Crippen LogP contribution is -2.38. The molecule has 0 amide bonds. The number of nitrogens with zero attached hydrogens (tertiary/aromatic N) is 1. The lowest BCUT2D eigenvalue weighted by atomic mass is 10.3. The van der Waals surface area contributed by atoms with Crippen LogP contribution in [0.25, 0.3) is 0 Å². The molecule has 6 heteroatoms. The summed E-state index contributed by atoms with van der Waals surface area (Å²) in [5.41, 5.74) is 0. The fourth-order valence-electron chi connectivity index (χ4n) is 1.79. The lowest BCUT2D eigenvalue weighted by molar-refractivity contribution is 0.0552. The van der Waals surface area contributed by atoms with Gasteiger partial charge in [-0.2, -0.15) is 0 Å². The number of aliphatic hydroxyl groups is 3. The first-order valence-electron chi connectivity index (χ1n) is 6.58. The summed E-state index contributed by atoms with van der Waals surface area (Å²) < 4.78 is 10.5. The summed E-state index contributed by atoms with van der Waals surface area (Å²) in [7, 11) is 1.59. The SMILES string of the molecule is COc1ccc(OC[C@@H](O)CN(CCO)CCO)cc1. The van der Waals surface area contributed by atoms with E-state index in [4.69, 9.17) is 19.7 Å². The minimum Gasteiger partial charge on any atom is -0.497 e. The van der Waals surface area contributed by atoms with E-state index in [-0.39, 0.29) is 19.8 Å². The van der Waals surface area contributed by atoms with Crippen LogP contribution in [0.15, 0.2) is 24.3 Å². The topological polar surface area (TPSA) is 82.4 Å². The molecule has 0 spiro atoms. The van der Waals surface area contributed by atoms with E-state index in [9.17, 15) is 5.11 Å². The van der Waals surface area contributed by atoms with Crippen LogP contribution in [0.2, 0.25) is 0 Å². The Morgan fingerprint density at radius 3 is 2.10 bits per heavy atom. The van der Waals surface area contributed by atoms with E-state index in [0.717, 1.165) is 5.75 Å². The average molecular weight is 285 g/mol. The van der Waals surface area contributed by atoms with Gasteiger partial charge in [0.05, 0.1) is 20.3 Å². The number of hydrogen-bond donors (Lipinski definition) is 3. The second-order valence-electron chi connectivity index (χ2n) is 4.39. The Balaban J connectivity index is 2.35. The van der Waals surface area contributed by atoms with Gasteiger partial charge >= 0.3 is 0 Å². The summed E-state index contributed by atoms with van der Waals surface area (Å²) in [6, 6.07) is 7.10. The van der Waals surface area contributed by atoms with Crippen molar-refractivity contribution >= 4 is 0 Å². The molecule has 114 valence electrons. The molecule has 0 aliphatic heterocycles. The van der Waals surface area contributed by atoms with Crippen LogP contribution in [-0.2, 0) is 0 Å². The second kappa shape index (κ2) is 9.55. The fraction of sp³-hybridized carbons (Fsp3) is 0.571. The van der Waals surface area contributed by atoms with Crippen molar-refractivity contribution in [3.63, 3.8) is 0 Å². The van der Waals surface area contributed by atoms with Crippen molar-refractivity contribution in [2.75, 3.05) is 46.6 Å². The van der Waals surface area contributed by atoms with Gasteiger partial charge in [0, 0.05) is 19.6 Å². The van der Waals surface area contributed by atoms with Crippen LogP contribution in [0.3, 0.4) is 0 Å². The maximum absolute atomic E-state index is 9.88. The Bertz CT molecular complexity index is 351. The zero-order chi connectivity index (χ0) is 14.8. The first-order chi connectivity index (χ1) is 9.69. The predicted molar refractivity (Wildman–Crippen MR) is 75.1 cm³/mol. The quantitative estimate of drug-likeness (QED) is 0.548. The lowest BCUT2D eigenvalue weighted by Gasteiger charge is -2.23. The molecule has 1 atom stereocenters. The van der Waals surface area contributed by atoms with Gasteiger partial charge in [-0.1, -0.05) is 0 Å². The van der Waals surface area contributed by atoms with Gasteiger partial charge in [-0.05, 0) is 24.3 Å².